The molecule has 1 aromatic rings. The van der Waals surface area contributed by atoms with Crippen molar-refractivity contribution in [3.8, 4) is 0 Å². The summed E-state index contributed by atoms with van der Waals surface area (Å²) < 4.78 is 5.10. The van der Waals surface area contributed by atoms with Gasteiger partial charge in [-0.3, -0.25) is 9.69 Å². The number of ether oxygens (including phenoxy) is 1. The quantitative estimate of drug-likeness (QED) is 0.618. The summed E-state index contributed by atoms with van der Waals surface area (Å²) in [4.78, 5) is 38.3. The first-order valence-electron chi connectivity index (χ1n) is 9.25. The van der Waals surface area contributed by atoms with Gasteiger partial charge in [-0.25, -0.2) is 9.59 Å². The number of benzene rings is 1. The highest BCUT2D eigenvalue weighted by molar-refractivity contribution is 5.95. The number of amides is 3. The Bertz CT molecular complexity index is 783. The lowest BCUT2D eigenvalue weighted by Gasteiger charge is -2.28. The number of aryl methyl sites for hydroxylation is 2. The summed E-state index contributed by atoms with van der Waals surface area (Å²) in [6.45, 7) is 7.89. The van der Waals surface area contributed by atoms with Crippen LogP contribution in [0.1, 0.15) is 25.0 Å². The molecule has 1 aliphatic rings. The zero-order valence-corrected chi connectivity index (χ0v) is 17.0. The van der Waals surface area contributed by atoms with E-state index in [0.29, 0.717) is 11.3 Å². The fourth-order valence-electron chi connectivity index (χ4n) is 3.17. The molecule has 0 aromatic heterocycles. The van der Waals surface area contributed by atoms with Crippen molar-refractivity contribution in [1.29, 1.82) is 0 Å². The number of likely N-dealkylation sites (N-methyl/N-ethyl adjacent to an activating group) is 1. The molecular formula is C20H28N4O4. The summed E-state index contributed by atoms with van der Waals surface area (Å²) in [6, 6.07) is 4.96. The average Bonchev–Trinajstić information content (AvgIpc) is 2.57. The molecule has 0 fully saturated rings. The first-order chi connectivity index (χ1) is 13.2. The van der Waals surface area contributed by atoms with Gasteiger partial charge in [0.25, 0.3) is 0 Å². The van der Waals surface area contributed by atoms with Crippen LogP contribution in [0.4, 0.5) is 10.5 Å². The first kappa shape index (κ1) is 21.4. The molecule has 1 unspecified atom stereocenters. The van der Waals surface area contributed by atoms with Gasteiger partial charge in [-0.1, -0.05) is 18.2 Å². The minimum Gasteiger partial charge on any atom is -0.463 e. The normalized spacial score (nSPS) is 16.5. The van der Waals surface area contributed by atoms with Crippen molar-refractivity contribution in [3.63, 3.8) is 0 Å². The van der Waals surface area contributed by atoms with E-state index in [1.807, 2.05) is 32.0 Å². The van der Waals surface area contributed by atoms with Crippen LogP contribution in [0.25, 0.3) is 0 Å². The van der Waals surface area contributed by atoms with E-state index in [9.17, 15) is 14.4 Å². The van der Waals surface area contributed by atoms with E-state index in [1.165, 1.54) is 0 Å². The summed E-state index contributed by atoms with van der Waals surface area (Å²) in [6.07, 6.45) is 0. The van der Waals surface area contributed by atoms with E-state index in [-0.39, 0.29) is 31.6 Å². The maximum Gasteiger partial charge on any atom is 0.337 e. The van der Waals surface area contributed by atoms with E-state index in [4.69, 9.17) is 4.74 Å². The lowest BCUT2D eigenvalue weighted by Crippen LogP contribution is -2.51. The second-order valence-corrected chi connectivity index (χ2v) is 6.92. The Morgan fingerprint density at radius 3 is 2.50 bits per heavy atom. The van der Waals surface area contributed by atoms with Crippen LogP contribution in [0.3, 0.4) is 0 Å². The Kier molecular flexibility index (Phi) is 7.17. The van der Waals surface area contributed by atoms with E-state index in [2.05, 4.69) is 16.0 Å². The van der Waals surface area contributed by atoms with Crippen molar-refractivity contribution in [2.45, 2.75) is 33.7 Å². The van der Waals surface area contributed by atoms with Gasteiger partial charge in [-0.15, -0.1) is 0 Å². The number of hydrogen-bond acceptors (Lipinski definition) is 5. The molecule has 3 N–H and O–H groups in total. The molecule has 0 saturated carbocycles. The molecule has 0 saturated heterocycles. The molecule has 0 bridgehead atoms. The van der Waals surface area contributed by atoms with Gasteiger partial charge in [0, 0.05) is 17.9 Å². The highest BCUT2D eigenvalue weighted by Gasteiger charge is 2.30. The number of rotatable bonds is 7. The second-order valence-electron chi connectivity index (χ2n) is 6.92. The molecule has 1 atom stereocenters. The molecule has 1 heterocycles. The Morgan fingerprint density at radius 1 is 1.25 bits per heavy atom. The van der Waals surface area contributed by atoms with E-state index in [0.717, 1.165) is 16.8 Å². The monoisotopic (exact) mass is 388 g/mol. The van der Waals surface area contributed by atoms with Crippen LogP contribution in [0.5, 0.6) is 0 Å². The third-order valence-corrected chi connectivity index (χ3v) is 4.45. The van der Waals surface area contributed by atoms with Gasteiger partial charge in [-0.2, -0.15) is 0 Å². The van der Waals surface area contributed by atoms with Gasteiger partial charge in [0.15, 0.2) is 0 Å². The predicted molar refractivity (Wildman–Crippen MR) is 107 cm³/mol. The van der Waals surface area contributed by atoms with E-state index < -0.39 is 12.0 Å². The standard InChI is InChI=1S/C20H28N4O4/c1-6-28-19(26)17-14(4)21-20(27)22-15(17)10-24(5)11-16(25)23-18-12(2)8-7-9-13(18)3/h7-9,14H,6,10-11H2,1-5H3,(H,23,25)(H2,21,22,27). The number of nitrogens with one attached hydrogen (secondary N) is 3. The molecule has 2 rings (SSSR count). The summed E-state index contributed by atoms with van der Waals surface area (Å²) in [5, 5.41) is 8.25. The third kappa shape index (κ3) is 5.32. The fraction of sp³-hybridized carbons (Fsp3) is 0.450. The average molecular weight is 388 g/mol. The molecule has 0 spiro atoms. The van der Waals surface area contributed by atoms with Gasteiger partial charge in [-0.05, 0) is 45.9 Å². The van der Waals surface area contributed by atoms with Gasteiger partial charge >= 0.3 is 12.0 Å². The molecule has 1 aliphatic heterocycles. The maximum absolute atomic E-state index is 12.5. The van der Waals surface area contributed by atoms with Crippen LogP contribution in [-0.2, 0) is 14.3 Å². The first-order valence-corrected chi connectivity index (χ1v) is 9.25. The fourth-order valence-corrected chi connectivity index (χ4v) is 3.17. The summed E-state index contributed by atoms with van der Waals surface area (Å²) >= 11 is 0. The van der Waals surface area contributed by atoms with Gasteiger partial charge in [0.05, 0.1) is 24.8 Å². The van der Waals surface area contributed by atoms with E-state index >= 15 is 0 Å². The number of nitrogens with zero attached hydrogens (tertiary/aromatic N) is 1. The number of hydrogen-bond donors (Lipinski definition) is 3. The smallest absolute Gasteiger partial charge is 0.337 e. The largest absolute Gasteiger partial charge is 0.463 e. The number of anilines is 1. The van der Waals surface area contributed by atoms with Gasteiger partial charge in [0.1, 0.15) is 0 Å². The van der Waals surface area contributed by atoms with Crippen LogP contribution in [0.2, 0.25) is 0 Å². The molecule has 0 aliphatic carbocycles. The zero-order valence-electron chi connectivity index (χ0n) is 17.0. The molecule has 1 aromatic carbocycles. The number of carbonyl (C=O) groups excluding carboxylic acids is 3. The van der Waals surface area contributed by atoms with Crippen LogP contribution in [0.15, 0.2) is 29.5 Å². The number of carbonyl (C=O) groups is 3. The molecular weight excluding hydrogens is 360 g/mol. The third-order valence-electron chi connectivity index (χ3n) is 4.45. The summed E-state index contributed by atoms with van der Waals surface area (Å²) in [5.41, 5.74) is 3.59. The zero-order chi connectivity index (χ0) is 20.8. The highest BCUT2D eigenvalue weighted by atomic mass is 16.5. The number of esters is 1. The van der Waals surface area contributed by atoms with Crippen LogP contribution >= 0.6 is 0 Å². The minimum atomic E-state index is -0.481. The van der Waals surface area contributed by atoms with Gasteiger partial charge in [0.2, 0.25) is 5.91 Å². The van der Waals surface area contributed by atoms with Crippen LogP contribution < -0.4 is 16.0 Å². The van der Waals surface area contributed by atoms with Crippen molar-refractivity contribution in [3.05, 3.63) is 40.6 Å². The second kappa shape index (κ2) is 9.36. The van der Waals surface area contributed by atoms with Gasteiger partial charge < -0.3 is 20.7 Å². The summed E-state index contributed by atoms with van der Waals surface area (Å²) in [7, 11) is 1.75. The Balaban J connectivity index is 2.09. The molecule has 28 heavy (non-hydrogen) atoms. The Labute approximate surface area is 165 Å². The molecule has 0 radical (unpaired) electrons. The lowest BCUT2D eigenvalue weighted by molar-refractivity contribution is -0.139. The lowest BCUT2D eigenvalue weighted by atomic mass is 10.0. The van der Waals surface area contributed by atoms with Crippen molar-refractivity contribution < 1.29 is 19.1 Å². The topological polar surface area (TPSA) is 99.8 Å². The van der Waals surface area contributed by atoms with Crippen molar-refractivity contribution >= 4 is 23.6 Å². The Morgan fingerprint density at radius 2 is 1.89 bits per heavy atom. The van der Waals surface area contributed by atoms with E-state index in [1.54, 1.807) is 25.8 Å². The molecule has 8 heteroatoms. The van der Waals surface area contributed by atoms with Crippen LogP contribution in [0, 0.1) is 13.8 Å². The van der Waals surface area contributed by atoms with Crippen molar-refractivity contribution in [1.82, 2.24) is 15.5 Å². The Hall–Kier alpha value is -2.87. The van der Waals surface area contributed by atoms with Crippen molar-refractivity contribution in [2.24, 2.45) is 0 Å². The van der Waals surface area contributed by atoms with Crippen LogP contribution in [-0.4, -0.2) is 55.6 Å². The highest BCUT2D eigenvalue weighted by Crippen LogP contribution is 2.19. The SMILES string of the molecule is CCOC(=O)C1=C(CN(C)CC(=O)Nc2c(C)cccc2C)NC(=O)NC1C. The molecule has 8 nitrogen and oxygen atoms in total. The summed E-state index contributed by atoms with van der Waals surface area (Å²) in [5.74, 6) is -0.655. The number of urea groups is 1. The molecule has 152 valence electrons. The van der Waals surface area contributed by atoms with Crippen molar-refractivity contribution in [2.75, 3.05) is 32.1 Å². The maximum atomic E-state index is 12.5. The number of para-hydroxylation sites is 1. The minimum absolute atomic E-state index is 0.102. The molecule has 3 amide bonds. The predicted octanol–water partition coefficient (Wildman–Crippen LogP) is 1.69.